The average molecular weight is 441 g/mol. The number of benzene rings is 2. The summed E-state index contributed by atoms with van der Waals surface area (Å²) in [6.45, 7) is 0. The highest BCUT2D eigenvalue weighted by atomic mass is 35.5. The van der Waals surface area contributed by atoms with Gasteiger partial charge in [-0.2, -0.15) is 9.78 Å². The van der Waals surface area contributed by atoms with Gasteiger partial charge >= 0.3 is 0 Å². The number of hydrogen-bond donors (Lipinski definition) is 0. The Morgan fingerprint density at radius 3 is 2.66 bits per heavy atom. The lowest BCUT2D eigenvalue weighted by atomic mass is 10.1. The van der Waals surface area contributed by atoms with Gasteiger partial charge in [0, 0.05) is 22.8 Å². The van der Waals surface area contributed by atoms with E-state index in [0.29, 0.717) is 33.7 Å². The molecule has 1 aliphatic rings. The zero-order valence-electron chi connectivity index (χ0n) is 15.0. The SMILES string of the molecule is Clc1ccc(Cl)c(-c2ccc(C3=Nn4c(Cc5ccccc5)nnc4SC3)o2)c1. The first-order valence-electron chi connectivity index (χ1n) is 8.92. The molecule has 3 heterocycles. The minimum Gasteiger partial charge on any atom is -0.455 e. The molecule has 5 nitrogen and oxygen atoms in total. The van der Waals surface area contributed by atoms with Crippen LogP contribution in [0.3, 0.4) is 0 Å². The zero-order chi connectivity index (χ0) is 19.8. The van der Waals surface area contributed by atoms with Gasteiger partial charge in [0.1, 0.15) is 11.5 Å². The minimum atomic E-state index is 0.585. The largest absolute Gasteiger partial charge is 0.455 e. The van der Waals surface area contributed by atoms with E-state index in [0.717, 1.165) is 27.8 Å². The van der Waals surface area contributed by atoms with Crippen LogP contribution in [0, 0.1) is 0 Å². The van der Waals surface area contributed by atoms with Crippen LogP contribution in [0.4, 0.5) is 0 Å². The van der Waals surface area contributed by atoms with Crippen molar-refractivity contribution in [3.8, 4) is 11.3 Å². The van der Waals surface area contributed by atoms with Crippen LogP contribution in [0.1, 0.15) is 17.1 Å². The lowest BCUT2D eigenvalue weighted by Crippen LogP contribution is -2.14. The molecule has 0 saturated carbocycles. The van der Waals surface area contributed by atoms with Crippen LogP contribution in [-0.2, 0) is 6.42 Å². The average Bonchev–Trinajstić information content (AvgIpc) is 3.38. The number of thioether (sulfide) groups is 1. The first-order valence-corrected chi connectivity index (χ1v) is 10.7. The van der Waals surface area contributed by atoms with Crippen LogP contribution in [0.25, 0.3) is 11.3 Å². The molecule has 5 rings (SSSR count). The van der Waals surface area contributed by atoms with E-state index in [1.54, 1.807) is 34.6 Å². The van der Waals surface area contributed by atoms with Crippen LogP contribution in [0.15, 0.2) is 75.3 Å². The fraction of sp³-hybridized carbons (Fsp3) is 0.0952. The lowest BCUT2D eigenvalue weighted by molar-refractivity contribution is 0.569. The number of hydrogen-bond acceptors (Lipinski definition) is 5. The van der Waals surface area contributed by atoms with Crippen molar-refractivity contribution in [3.63, 3.8) is 0 Å². The normalized spacial score (nSPS) is 13.2. The predicted octanol–water partition coefficient (Wildman–Crippen LogP) is 5.79. The number of fused-ring (bicyclic) bond motifs is 1. The van der Waals surface area contributed by atoms with E-state index in [9.17, 15) is 0 Å². The number of aromatic nitrogens is 3. The fourth-order valence-electron chi connectivity index (χ4n) is 3.10. The molecule has 0 amide bonds. The maximum absolute atomic E-state index is 6.30. The van der Waals surface area contributed by atoms with E-state index in [1.807, 2.05) is 30.3 Å². The topological polar surface area (TPSA) is 56.2 Å². The first-order chi connectivity index (χ1) is 14.2. The first kappa shape index (κ1) is 18.5. The standard InChI is InChI=1S/C21H14Cl2N4OS/c22-14-6-7-16(23)15(11-14)18-8-9-19(28-18)17-12-29-21-25-24-20(27(21)26-17)10-13-4-2-1-3-5-13/h1-9,11H,10,12H2. The highest BCUT2D eigenvalue weighted by Gasteiger charge is 2.22. The van der Waals surface area contributed by atoms with Gasteiger partial charge in [-0.1, -0.05) is 65.3 Å². The maximum atomic E-state index is 6.30. The lowest BCUT2D eigenvalue weighted by Gasteiger charge is -2.12. The molecule has 0 saturated heterocycles. The molecular weight excluding hydrogens is 427 g/mol. The van der Waals surface area contributed by atoms with Gasteiger partial charge in [-0.15, -0.1) is 10.2 Å². The van der Waals surface area contributed by atoms with Crippen molar-refractivity contribution >= 4 is 40.7 Å². The van der Waals surface area contributed by atoms with Gasteiger partial charge in [-0.3, -0.25) is 0 Å². The van der Waals surface area contributed by atoms with Crippen molar-refractivity contribution in [2.45, 2.75) is 11.6 Å². The Labute approximate surface area is 181 Å². The molecule has 0 spiro atoms. The number of furan rings is 1. The summed E-state index contributed by atoms with van der Waals surface area (Å²) in [5.41, 5.74) is 2.73. The Balaban J connectivity index is 1.47. The summed E-state index contributed by atoms with van der Waals surface area (Å²) in [6.07, 6.45) is 0.659. The van der Waals surface area contributed by atoms with Crippen molar-refractivity contribution in [2.75, 3.05) is 5.75 Å². The zero-order valence-corrected chi connectivity index (χ0v) is 17.4. The molecule has 29 heavy (non-hydrogen) atoms. The van der Waals surface area contributed by atoms with Crippen LogP contribution in [0.5, 0.6) is 0 Å². The van der Waals surface area contributed by atoms with Crippen LogP contribution in [-0.4, -0.2) is 26.3 Å². The monoisotopic (exact) mass is 440 g/mol. The van der Waals surface area contributed by atoms with Crippen molar-refractivity contribution < 1.29 is 4.42 Å². The smallest absolute Gasteiger partial charge is 0.212 e. The molecule has 0 atom stereocenters. The second-order valence-electron chi connectivity index (χ2n) is 6.50. The number of nitrogens with zero attached hydrogens (tertiary/aromatic N) is 4. The van der Waals surface area contributed by atoms with Gasteiger partial charge in [0.2, 0.25) is 5.16 Å². The summed E-state index contributed by atoms with van der Waals surface area (Å²) in [7, 11) is 0. The molecule has 4 aromatic rings. The van der Waals surface area contributed by atoms with E-state index in [4.69, 9.17) is 32.7 Å². The fourth-order valence-corrected chi connectivity index (χ4v) is 4.32. The van der Waals surface area contributed by atoms with Crippen LogP contribution in [0.2, 0.25) is 10.0 Å². The molecule has 0 bridgehead atoms. The van der Waals surface area contributed by atoms with E-state index in [-0.39, 0.29) is 0 Å². The van der Waals surface area contributed by atoms with Crippen LogP contribution >= 0.6 is 35.0 Å². The summed E-state index contributed by atoms with van der Waals surface area (Å²) in [6, 6.07) is 19.2. The Bertz CT molecular complexity index is 1220. The minimum absolute atomic E-state index is 0.585. The molecule has 0 radical (unpaired) electrons. The third-order valence-electron chi connectivity index (χ3n) is 4.52. The number of rotatable bonds is 4. The van der Waals surface area contributed by atoms with E-state index >= 15 is 0 Å². The van der Waals surface area contributed by atoms with Gasteiger partial charge in [0.05, 0.1) is 5.02 Å². The van der Waals surface area contributed by atoms with E-state index in [1.165, 1.54) is 0 Å². The third-order valence-corrected chi connectivity index (χ3v) is 6.02. The third kappa shape index (κ3) is 3.71. The van der Waals surface area contributed by atoms with E-state index in [2.05, 4.69) is 22.3 Å². The summed E-state index contributed by atoms with van der Waals surface area (Å²) in [4.78, 5) is 0. The Morgan fingerprint density at radius 2 is 1.79 bits per heavy atom. The Kier molecular flexibility index (Phi) is 4.91. The highest BCUT2D eigenvalue weighted by molar-refractivity contribution is 7.99. The molecular formula is C21H14Cl2N4OS. The van der Waals surface area contributed by atoms with Crippen molar-refractivity contribution in [1.82, 2.24) is 14.9 Å². The molecule has 8 heteroatoms. The van der Waals surface area contributed by atoms with Gasteiger partial charge in [-0.05, 0) is 35.9 Å². The number of halogens is 2. The van der Waals surface area contributed by atoms with E-state index < -0.39 is 0 Å². The quantitative estimate of drug-likeness (QED) is 0.402. The summed E-state index contributed by atoms with van der Waals surface area (Å²) in [5, 5.41) is 15.3. The molecule has 0 aliphatic carbocycles. The highest BCUT2D eigenvalue weighted by Crippen LogP contribution is 2.33. The van der Waals surface area contributed by atoms with Gasteiger partial charge in [-0.25, -0.2) is 0 Å². The van der Waals surface area contributed by atoms with Crippen LogP contribution < -0.4 is 0 Å². The Morgan fingerprint density at radius 1 is 0.966 bits per heavy atom. The molecule has 2 aromatic heterocycles. The second kappa shape index (κ2) is 7.71. The molecule has 2 aromatic carbocycles. The van der Waals surface area contributed by atoms with Crippen molar-refractivity contribution in [1.29, 1.82) is 0 Å². The second-order valence-corrected chi connectivity index (χ2v) is 8.28. The Hall–Kier alpha value is -2.54. The summed E-state index contributed by atoms with van der Waals surface area (Å²) < 4.78 is 7.85. The molecule has 0 N–H and O–H groups in total. The summed E-state index contributed by atoms with van der Waals surface area (Å²) in [5.74, 6) is 2.79. The predicted molar refractivity (Wildman–Crippen MR) is 116 cm³/mol. The molecule has 0 fully saturated rings. The molecule has 0 unspecified atom stereocenters. The van der Waals surface area contributed by atoms with Gasteiger partial charge in [0.15, 0.2) is 11.6 Å². The van der Waals surface area contributed by atoms with Gasteiger partial charge in [0.25, 0.3) is 0 Å². The maximum Gasteiger partial charge on any atom is 0.212 e. The van der Waals surface area contributed by atoms with Crippen molar-refractivity contribution in [2.24, 2.45) is 5.10 Å². The molecule has 1 aliphatic heterocycles. The summed E-state index contributed by atoms with van der Waals surface area (Å²) >= 11 is 14.0. The molecule has 144 valence electrons. The van der Waals surface area contributed by atoms with Gasteiger partial charge < -0.3 is 4.42 Å². The van der Waals surface area contributed by atoms with Crippen molar-refractivity contribution in [3.05, 3.63) is 87.9 Å².